The Labute approximate surface area is 198 Å². The number of amides is 1. The van der Waals surface area contributed by atoms with E-state index in [0.29, 0.717) is 36.4 Å². The van der Waals surface area contributed by atoms with Gasteiger partial charge in [-0.2, -0.15) is 4.31 Å². The third-order valence-electron chi connectivity index (χ3n) is 6.19. The molecule has 0 radical (unpaired) electrons. The van der Waals surface area contributed by atoms with Gasteiger partial charge in [-0.15, -0.1) is 0 Å². The van der Waals surface area contributed by atoms with Gasteiger partial charge in [-0.25, -0.2) is 13.2 Å². The van der Waals surface area contributed by atoms with Crippen molar-refractivity contribution in [3.05, 3.63) is 42.5 Å². The molecule has 7 heteroatoms. The lowest BCUT2D eigenvalue weighted by Crippen LogP contribution is -2.39. The van der Waals surface area contributed by atoms with E-state index in [1.165, 1.54) is 0 Å². The lowest BCUT2D eigenvalue weighted by atomic mass is 9.82. The number of ether oxygens (including phenoxy) is 1. The third-order valence-corrected chi connectivity index (χ3v) is 8.05. The Kier molecular flexibility index (Phi) is 8.40. The molecule has 1 aliphatic carbocycles. The van der Waals surface area contributed by atoms with Gasteiger partial charge in [0.1, 0.15) is 5.60 Å². The molecule has 0 spiro atoms. The largest absolute Gasteiger partial charge is 0.444 e. The van der Waals surface area contributed by atoms with Crippen LogP contribution in [0, 0.1) is 11.8 Å². The zero-order valence-electron chi connectivity index (χ0n) is 20.3. The third kappa shape index (κ3) is 7.18. The van der Waals surface area contributed by atoms with Crippen molar-refractivity contribution in [3.63, 3.8) is 0 Å². The van der Waals surface area contributed by atoms with Crippen molar-refractivity contribution in [3.8, 4) is 0 Å². The van der Waals surface area contributed by atoms with Crippen LogP contribution in [0.2, 0.25) is 0 Å². The number of nitrogens with zero attached hydrogens (tertiary/aromatic N) is 1. The fraction of sp³-hybridized carbons (Fsp3) is 0.577. The van der Waals surface area contributed by atoms with Gasteiger partial charge in [-0.3, -0.25) is 0 Å². The number of nitrogens with one attached hydrogen (secondary N) is 1. The molecule has 6 nitrogen and oxygen atoms in total. The van der Waals surface area contributed by atoms with Crippen LogP contribution in [-0.2, 0) is 14.8 Å². The molecule has 1 aliphatic rings. The molecule has 0 unspecified atom stereocenters. The number of carbonyl (C=O) groups is 1. The first-order valence-corrected chi connectivity index (χ1v) is 13.5. The van der Waals surface area contributed by atoms with Crippen molar-refractivity contribution in [2.75, 3.05) is 19.6 Å². The summed E-state index contributed by atoms with van der Waals surface area (Å²) >= 11 is 0. The molecule has 1 saturated carbocycles. The Bertz CT molecular complexity index is 1040. The van der Waals surface area contributed by atoms with Crippen LogP contribution in [0.1, 0.15) is 59.8 Å². The van der Waals surface area contributed by atoms with Crippen LogP contribution in [0.4, 0.5) is 4.79 Å². The van der Waals surface area contributed by atoms with Crippen LogP contribution in [-0.4, -0.2) is 44.1 Å². The maximum atomic E-state index is 13.5. The number of carbonyl (C=O) groups excluding carboxylic acids is 1. The van der Waals surface area contributed by atoms with Crippen molar-refractivity contribution in [1.29, 1.82) is 0 Å². The Balaban J connectivity index is 1.58. The van der Waals surface area contributed by atoms with Crippen LogP contribution in [0.15, 0.2) is 47.4 Å². The fourth-order valence-corrected chi connectivity index (χ4v) is 6.13. The molecule has 0 aromatic heterocycles. The molecule has 1 fully saturated rings. The number of hydrogen-bond acceptors (Lipinski definition) is 4. The second-order valence-corrected chi connectivity index (χ2v) is 12.1. The van der Waals surface area contributed by atoms with Gasteiger partial charge in [0.25, 0.3) is 0 Å². The van der Waals surface area contributed by atoms with E-state index in [1.54, 1.807) is 16.4 Å². The van der Waals surface area contributed by atoms with E-state index in [0.717, 1.165) is 42.9 Å². The fourth-order valence-electron chi connectivity index (χ4n) is 4.48. The summed E-state index contributed by atoms with van der Waals surface area (Å²) < 4.78 is 33.9. The van der Waals surface area contributed by atoms with Crippen molar-refractivity contribution in [2.45, 2.75) is 70.3 Å². The lowest BCUT2D eigenvalue weighted by molar-refractivity contribution is 0.0512. The molecule has 0 aliphatic heterocycles. The number of hydrogen-bond donors (Lipinski definition) is 1. The normalized spacial score (nSPS) is 19.5. The number of sulfonamides is 1. The van der Waals surface area contributed by atoms with Crippen molar-refractivity contribution < 1.29 is 17.9 Å². The summed E-state index contributed by atoms with van der Waals surface area (Å²) in [6.45, 7) is 9.26. The van der Waals surface area contributed by atoms with Gasteiger partial charge in [-0.05, 0) is 87.6 Å². The Morgan fingerprint density at radius 3 is 2.30 bits per heavy atom. The Morgan fingerprint density at radius 1 is 1.03 bits per heavy atom. The quantitative estimate of drug-likeness (QED) is 0.543. The van der Waals surface area contributed by atoms with Crippen LogP contribution in [0.3, 0.4) is 0 Å². The van der Waals surface area contributed by atoms with Gasteiger partial charge < -0.3 is 10.1 Å². The molecule has 2 aromatic rings. The van der Waals surface area contributed by atoms with Crippen molar-refractivity contribution in [2.24, 2.45) is 11.8 Å². The average Bonchev–Trinajstić information content (AvgIpc) is 2.77. The van der Waals surface area contributed by atoms with E-state index >= 15 is 0 Å². The minimum Gasteiger partial charge on any atom is -0.444 e. The SMILES string of the molecule is CCCN(C[C@H]1CC[C@H](CNC(=O)OC(C)(C)C)CC1)S(=O)(=O)c1ccc2ccccc2c1. The molecule has 1 amide bonds. The molecule has 0 bridgehead atoms. The highest BCUT2D eigenvalue weighted by Crippen LogP contribution is 2.31. The van der Waals surface area contributed by atoms with Crippen LogP contribution in [0.5, 0.6) is 0 Å². The molecule has 0 atom stereocenters. The monoisotopic (exact) mass is 474 g/mol. The summed E-state index contributed by atoms with van der Waals surface area (Å²) in [6.07, 6.45) is 4.30. The van der Waals surface area contributed by atoms with Crippen LogP contribution in [0.25, 0.3) is 10.8 Å². The van der Waals surface area contributed by atoms with E-state index in [2.05, 4.69) is 5.32 Å². The molecule has 2 aromatic carbocycles. The highest BCUT2D eigenvalue weighted by molar-refractivity contribution is 7.89. The minimum absolute atomic E-state index is 0.338. The van der Waals surface area contributed by atoms with Gasteiger partial charge in [0.05, 0.1) is 4.90 Å². The van der Waals surface area contributed by atoms with Gasteiger partial charge in [0.15, 0.2) is 0 Å². The molecule has 182 valence electrons. The predicted molar refractivity (Wildman–Crippen MR) is 133 cm³/mol. The molecular weight excluding hydrogens is 436 g/mol. The first-order valence-electron chi connectivity index (χ1n) is 12.0. The van der Waals surface area contributed by atoms with Crippen LogP contribution >= 0.6 is 0 Å². The maximum Gasteiger partial charge on any atom is 0.407 e. The summed E-state index contributed by atoms with van der Waals surface area (Å²) in [4.78, 5) is 12.3. The maximum absolute atomic E-state index is 13.5. The summed E-state index contributed by atoms with van der Waals surface area (Å²) in [5.74, 6) is 0.745. The van der Waals surface area contributed by atoms with Crippen molar-refractivity contribution >= 4 is 26.9 Å². The highest BCUT2D eigenvalue weighted by atomic mass is 32.2. The Hall–Kier alpha value is -2.12. The number of alkyl carbamates (subject to hydrolysis) is 1. The molecule has 0 saturated heterocycles. The lowest BCUT2D eigenvalue weighted by Gasteiger charge is -2.32. The molecular formula is C26H38N2O4S. The highest BCUT2D eigenvalue weighted by Gasteiger charge is 2.29. The first kappa shape index (κ1) is 25.5. The minimum atomic E-state index is -3.55. The molecule has 33 heavy (non-hydrogen) atoms. The Morgan fingerprint density at radius 2 is 1.67 bits per heavy atom. The summed E-state index contributed by atoms with van der Waals surface area (Å²) in [7, 11) is -3.55. The van der Waals surface area contributed by atoms with Gasteiger partial charge >= 0.3 is 6.09 Å². The summed E-state index contributed by atoms with van der Waals surface area (Å²) in [5.41, 5.74) is -0.499. The van der Waals surface area contributed by atoms with Crippen molar-refractivity contribution in [1.82, 2.24) is 9.62 Å². The van der Waals surface area contributed by atoms with Gasteiger partial charge in [0.2, 0.25) is 10.0 Å². The van der Waals surface area contributed by atoms with Gasteiger partial charge in [-0.1, -0.05) is 37.3 Å². The van der Waals surface area contributed by atoms with E-state index in [1.807, 2.05) is 58.0 Å². The standard InChI is InChI=1S/C26H38N2O4S/c1-5-16-28(33(30,31)24-15-14-22-8-6-7-9-23(22)17-24)19-21-12-10-20(11-13-21)18-27-25(29)32-26(2,3)4/h6-9,14-15,17,20-21H,5,10-13,16,18-19H2,1-4H3,(H,27,29)/t20-,21-. The topological polar surface area (TPSA) is 75.7 Å². The predicted octanol–water partition coefficient (Wildman–Crippen LogP) is 5.57. The summed E-state index contributed by atoms with van der Waals surface area (Å²) in [6, 6.07) is 13.2. The molecule has 0 heterocycles. The van der Waals surface area contributed by atoms with Gasteiger partial charge in [0, 0.05) is 19.6 Å². The zero-order valence-corrected chi connectivity index (χ0v) is 21.2. The first-order chi connectivity index (χ1) is 15.6. The zero-order chi connectivity index (χ0) is 24.1. The van der Waals surface area contributed by atoms with E-state index in [-0.39, 0.29) is 6.09 Å². The molecule has 1 N–H and O–H groups in total. The average molecular weight is 475 g/mol. The second-order valence-electron chi connectivity index (χ2n) is 10.1. The smallest absolute Gasteiger partial charge is 0.407 e. The summed E-state index contributed by atoms with van der Waals surface area (Å²) in [5, 5.41) is 4.85. The second kappa shape index (κ2) is 10.9. The molecule has 3 rings (SSSR count). The number of rotatable bonds is 8. The van der Waals surface area contributed by atoms with E-state index in [9.17, 15) is 13.2 Å². The van der Waals surface area contributed by atoms with Crippen LogP contribution < -0.4 is 5.32 Å². The van der Waals surface area contributed by atoms with E-state index in [4.69, 9.17) is 4.74 Å². The van der Waals surface area contributed by atoms with E-state index < -0.39 is 15.6 Å². The number of benzene rings is 2. The number of fused-ring (bicyclic) bond motifs is 1.